The molecule has 1 heterocycles. The van der Waals surface area contributed by atoms with Crippen LogP contribution in [0.5, 0.6) is 0 Å². The molecule has 0 bridgehead atoms. The number of hydrogen-bond donors (Lipinski definition) is 2. The van der Waals surface area contributed by atoms with Crippen molar-refractivity contribution in [2.75, 3.05) is 13.1 Å². The van der Waals surface area contributed by atoms with Crippen LogP contribution in [0, 0.1) is 5.82 Å². The fourth-order valence-electron chi connectivity index (χ4n) is 4.20. The Morgan fingerprint density at radius 1 is 1.11 bits per heavy atom. The fraction of sp³-hybridized carbons (Fsp3) is 0.364. The van der Waals surface area contributed by atoms with Gasteiger partial charge in [0.25, 0.3) is 0 Å². The highest BCUT2D eigenvalue weighted by Gasteiger charge is 2.37. The molecular weight excluding hydrogens is 357 g/mol. The van der Waals surface area contributed by atoms with E-state index in [1.165, 1.54) is 23.3 Å². The molecule has 146 valence electrons. The minimum atomic E-state index is -0.457. The Kier molecular flexibility index (Phi) is 5.39. The summed E-state index contributed by atoms with van der Waals surface area (Å²) in [6.45, 7) is 1.68. The van der Waals surface area contributed by atoms with Gasteiger partial charge in [-0.25, -0.2) is 4.39 Å². The molecule has 2 aromatic carbocycles. The van der Waals surface area contributed by atoms with Crippen LogP contribution in [-0.2, 0) is 29.0 Å². The van der Waals surface area contributed by atoms with Gasteiger partial charge in [0.2, 0.25) is 11.8 Å². The molecule has 5 nitrogen and oxygen atoms in total. The molecule has 2 N–H and O–H groups in total. The predicted octanol–water partition coefficient (Wildman–Crippen LogP) is 1.80. The van der Waals surface area contributed by atoms with Crippen LogP contribution in [0.15, 0.2) is 48.5 Å². The van der Waals surface area contributed by atoms with Crippen molar-refractivity contribution in [2.24, 2.45) is 0 Å². The van der Waals surface area contributed by atoms with E-state index >= 15 is 0 Å². The molecule has 2 amide bonds. The summed E-state index contributed by atoms with van der Waals surface area (Å²) in [6.07, 6.45) is 1.95. The second-order valence-electron chi connectivity index (χ2n) is 7.48. The smallest absolute Gasteiger partial charge is 0.237 e. The van der Waals surface area contributed by atoms with Gasteiger partial charge in [-0.1, -0.05) is 36.4 Å². The van der Waals surface area contributed by atoms with Gasteiger partial charge in [0.05, 0.1) is 12.5 Å². The highest BCUT2D eigenvalue weighted by atomic mass is 19.1. The van der Waals surface area contributed by atoms with Gasteiger partial charge in [0, 0.05) is 25.7 Å². The van der Waals surface area contributed by atoms with Gasteiger partial charge >= 0.3 is 0 Å². The van der Waals surface area contributed by atoms with E-state index in [1.807, 2.05) is 12.1 Å². The zero-order chi connectivity index (χ0) is 19.5. The van der Waals surface area contributed by atoms with Gasteiger partial charge < -0.3 is 10.6 Å². The Labute approximate surface area is 163 Å². The number of nitrogens with one attached hydrogen (secondary N) is 2. The standard InChI is InChI=1S/C22H24FN3O2/c23-18-7-5-15(6-8-18)14-25-21(27)13-20-22(28)24-9-10-26(20)19-11-16-3-1-2-4-17(16)12-19/h1-8,19-20H,9-14H2,(H,24,28)(H,25,27)/t20-/m1/s1. The molecule has 0 radical (unpaired) electrons. The summed E-state index contributed by atoms with van der Waals surface area (Å²) in [4.78, 5) is 27.2. The van der Waals surface area contributed by atoms with Gasteiger partial charge in [-0.2, -0.15) is 0 Å². The molecule has 1 fully saturated rings. The first kappa shape index (κ1) is 18.6. The Bertz CT molecular complexity index is 843. The number of piperazine rings is 1. The van der Waals surface area contributed by atoms with Crippen molar-refractivity contribution in [1.82, 2.24) is 15.5 Å². The maximum Gasteiger partial charge on any atom is 0.237 e. The number of fused-ring (bicyclic) bond motifs is 1. The maximum absolute atomic E-state index is 13.0. The van der Waals surface area contributed by atoms with E-state index in [0.29, 0.717) is 13.1 Å². The van der Waals surface area contributed by atoms with Crippen LogP contribution >= 0.6 is 0 Å². The summed E-state index contributed by atoms with van der Waals surface area (Å²) >= 11 is 0. The molecule has 0 unspecified atom stereocenters. The van der Waals surface area contributed by atoms with E-state index in [1.54, 1.807) is 12.1 Å². The van der Waals surface area contributed by atoms with Crippen LogP contribution in [0.25, 0.3) is 0 Å². The molecule has 1 aliphatic carbocycles. The van der Waals surface area contributed by atoms with E-state index in [4.69, 9.17) is 0 Å². The molecule has 1 saturated heterocycles. The van der Waals surface area contributed by atoms with Gasteiger partial charge in [-0.3, -0.25) is 14.5 Å². The summed E-state index contributed by atoms with van der Waals surface area (Å²) in [5.41, 5.74) is 3.49. The lowest BCUT2D eigenvalue weighted by atomic mass is 10.0. The van der Waals surface area contributed by atoms with Crippen LogP contribution in [0.1, 0.15) is 23.1 Å². The zero-order valence-corrected chi connectivity index (χ0v) is 15.7. The molecule has 28 heavy (non-hydrogen) atoms. The molecule has 4 rings (SSSR count). The SMILES string of the molecule is O=C(C[C@@H]1C(=O)NCCN1C1Cc2ccccc2C1)NCc1ccc(F)cc1. The van der Waals surface area contributed by atoms with Gasteiger partial charge in [-0.05, 0) is 41.7 Å². The maximum atomic E-state index is 13.0. The lowest BCUT2D eigenvalue weighted by Crippen LogP contribution is -2.59. The Hall–Kier alpha value is -2.73. The van der Waals surface area contributed by atoms with Crippen molar-refractivity contribution in [1.29, 1.82) is 0 Å². The van der Waals surface area contributed by atoms with Crippen molar-refractivity contribution in [3.63, 3.8) is 0 Å². The molecule has 6 heteroatoms. The van der Waals surface area contributed by atoms with Crippen molar-refractivity contribution < 1.29 is 14.0 Å². The average Bonchev–Trinajstić information content (AvgIpc) is 3.13. The Morgan fingerprint density at radius 3 is 2.46 bits per heavy atom. The van der Waals surface area contributed by atoms with Gasteiger partial charge in [0.15, 0.2) is 0 Å². The van der Waals surface area contributed by atoms with E-state index in [2.05, 4.69) is 27.7 Å². The number of rotatable bonds is 5. The topological polar surface area (TPSA) is 61.4 Å². The van der Waals surface area contributed by atoms with E-state index in [9.17, 15) is 14.0 Å². The minimum absolute atomic E-state index is 0.0841. The third kappa shape index (κ3) is 4.07. The van der Waals surface area contributed by atoms with Crippen LogP contribution < -0.4 is 10.6 Å². The highest BCUT2D eigenvalue weighted by Crippen LogP contribution is 2.28. The number of benzene rings is 2. The molecule has 0 aromatic heterocycles. The van der Waals surface area contributed by atoms with Crippen molar-refractivity contribution in [3.8, 4) is 0 Å². The third-order valence-corrected chi connectivity index (χ3v) is 5.65. The first-order chi connectivity index (χ1) is 13.6. The summed E-state index contributed by atoms with van der Waals surface area (Å²) in [6, 6.07) is 14.2. The van der Waals surface area contributed by atoms with E-state index < -0.39 is 6.04 Å². The molecule has 1 atom stereocenters. The minimum Gasteiger partial charge on any atom is -0.353 e. The molecule has 0 spiro atoms. The summed E-state index contributed by atoms with van der Waals surface area (Å²) in [5.74, 6) is -0.562. The lowest BCUT2D eigenvalue weighted by Gasteiger charge is -2.38. The number of hydrogen-bond acceptors (Lipinski definition) is 3. The predicted molar refractivity (Wildman–Crippen MR) is 104 cm³/mol. The van der Waals surface area contributed by atoms with Crippen LogP contribution in [0.4, 0.5) is 4.39 Å². The second kappa shape index (κ2) is 8.10. The normalized spacial score (nSPS) is 19.9. The molecule has 2 aliphatic rings. The molecule has 0 saturated carbocycles. The average molecular weight is 381 g/mol. The number of nitrogens with zero attached hydrogens (tertiary/aromatic N) is 1. The molecular formula is C22H24FN3O2. The van der Waals surface area contributed by atoms with Crippen LogP contribution in [-0.4, -0.2) is 41.9 Å². The number of carbonyl (C=O) groups is 2. The largest absolute Gasteiger partial charge is 0.353 e. The summed E-state index contributed by atoms with van der Waals surface area (Å²) in [7, 11) is 0. The number of carbonyl (C=O) groups excluding carboxylic acids is 2. The summed E-state index contributed by atoms with van der Waals surface area (Å²) in [5, 5.41) is 5.74. The van der Waals surface area contributed by atoms with Gasteiger partial charge in [-0.15, -0.1) is 0 Å². The monoisotopic (exact) mass is 381 g/mol. The first-order valence-electron chi connectivity index (χ1n) is 9.71. The lowest BCUT2D eigenvalue weighted by molar-refractivity contribution is -0.135. The highest BCUT2D eigenvalue weighted by molar-refractivity contribution is 5.88. The fourth-order valence-corrected chi connectivity index (χ4v) is 4.20. The van der Waals surface area contributed by atoms with Crippen molar-refractivity contribution in [3.05, 3.63) is 71.0 Å². The zero-order valence-electron chi connectivity index (χ0n) is 15.7. The van der Waals surface area contributed by atoms with Crippen LogP contribution in [0.2, 0.25) is 0 Å². The molecule has 1 aliphatic heterocycles. The summed E-state index contributed by atoms with van der Waals surface area (Å²) < 4.78 is 13.0. The Morgan fingerprint density at radius 2 is 1.79 bits per heavy atom. The number of halogens is 1. The third-order valence-electron chi connectivity index (χ3n) is 5.65. The molecule has 2 aromatic rings. The second-order valence-corrected chi connectivity index (χ2v) is 7.48. The quantitative estimate of drug-likeness (QED) is 0.830. The van der Waals surface area contributed by atoms with Crippen LogP contribution in [0.3, 0.4) is 0 Å². The van der Waals surface area contributed by atoms with Crippen molar-refractivity contribution in [2.45, 2.75) is 37.9 Å². The van der Waals surface area contributed by atoms with Gasteiger partial charge in [0.1, 0.15) is 5.82 Å². The van der Waals surface area contributed by atoms with E-state index in [0.717, 1.165) is 24.9 Å². The Balaban J connectivity index is 1.39. The number of amides is 2. The first-order valence-corrected chi connectivity index (χ1v) is 9.71. The van der Waals surface area contributed by atoms with Crippen molar-refractivity contribution >= 4 is 11.8 Å². The van der Waals surface area contributed by atoms with E-state index in [-0.39, 0.29) is 30.1 Å².